The van der Waals surface area contributed by atoms with E-state index in [0.29, 0.717) is 6.54 Å². The van der Waals surface area contributed by atoms with Crippen LogP contribution in [0.1, 0.15) is 12.5 Å². The van der Waals surface area contributed by atoms with Crippen molar-refractivity contribution in [3.8, 4) is 0 Å². The van der Waals surface area contributed by atoms with E-state index in [1.54, 1.807) is 19.3 Å². The number of hydrogen-bond donors (Lipinski definition) is 1. The summed E-state index contributed by atoms with van der Waals surface area (Å²) in [5.74, 6) is 0. The second kappa shape index (κ2) is 4.94. The minimum Gasteiger partial charge on any atom is -0.392 e. The predicted octanol–water partition coefficient (Wildman–Crippen LogP) is 0.894. The molecule has 1 aromatic rings. The second-order valence-electron chi connectivity index (χ2n) is 3.40. The largest absolute Gasteiger partial charge is 0.392 e. The maximum atomic E-state index is 9.15. The molecule has 0 aliphatic heterocycles. The average Bonchev–Trinajstić information content (AvgIpc) is 2.04. The van der Waals surface area contributed by atoms with E-state index < -0.39 is 0 Å². The van der Waals surface area contributed by atoms with Crippen LogP contribution in [0.25, 0.3) is 0 Å². The molecule has 1 atom stereocenters. The minimum absolute atomic E-state index is 0.271. The number of aliphatic hydroxyl groups excluding tert-OH is 1. The lowest BCUT2D eigenvalue weighted by molar-refractivity contribution is 0.138. The van der Waals surface area contributed by atoms with Crippen molar-refractivity contribution in [1.29, 1.82) is 0 Å². The van der Waals surface area contributed by atoms with Gasteiger partial charge in [0.1, 0.15) is 0 Å². The van der Waals surface area contributed by atoms with Crippen molar-refractivity contribution in [2.45, 2.75) is 19.6 Å². The number of nitrogens with zero attached hydrogens (tertiary/aromatic N) is 2. The Hall–Kier alpha value is -0.930. The van der Waals surface area contributed by atoms with E-state index in [-0.39, 0.29) is 6.10 Å². The molecule has 0 radical (unpaired) electrons. The van der Waals surface area contributed by atoms with Crippen LogP contribution in [0.15, 0.2) is 24.5 Å². The second-order valence-corrected chi connectivity index (χ2v) is 3.40. The van der Waals surface area contributed by atoms with Gasteiger partial charge in [0.05, 0.1) is 6.10 Å². The average molecular weight is 180 g/mol. The quantitative estimate of drug-likeness (QED) is 0.747. The van der Waals surface area contributed by atoms with Crippen LogP contribution in [0.3, 0.4) is 0 Å². The number of rotatable bonds is 4. The maximum Gasteiger partial charge on any atom is 0.0639 e. The van der Waals surface area contributed by atoms with E-state index in [1.807, 2.05) is 19.2 Å². The van der Waals surface area contributed by atoms with Crippen LogP contribution in [0.2, 0.25) is 0 Å². The van der Waals surface area contributed by atoms with Crippen LogP contribution in [0, 0.1) is 0 Å². The Bertz CT molecular complexity index is 236. The number of aromatic nitrogens is 1. The standard InChI is InChI=1S/C10H16N2O/c1-9(13)7-12(2)8-10-3-5-11-6-4-10/h3-6,9,13H,7-8H2,1-2H3. The smallest absolute Gasteiger partial charge is 0.0639 e. The van der Waals surface area contributed by atoms with Gasteiger partial charge in [-0.2, -0.15) is 0 Å². The molecule has 1 unspecified atom stereocenters. The molecule has 0 saturated carbocycles. The fourth-order valence-electron chi connectivity index (χ4n) is 1.32. The number of pyridine rings is 1. The van der Waals surface area contributed by atoms with Crippen LogP contribution in [0.4, 0.5) is 0 Å². The third kappa shape index (κ3) is 4.01. The SMILES string of the molecule is CC(O)CN(C)Cc1ccncc1. The molecular weight excluding hydrogens is 164 g/mol. The maximum absolute atomic E-state index is 9.15. The van der Waals surface area contributed by atoms with E-state index >= 15 is 0 Å². The summed E-state index contributed by atoms with van der Waals surface area (Å²) in [5.41, 5.74) is 1.22. The monoisotopic (exact) mass is 180 g/mol. The van der Waals surface area contributed by atoms with Gasteiger partial charge in [0.25, 0.3) is 0 Å². The summed E-state index contributed by atoms with van der Waals surface area (Å²) < 4.78 is 0. The van der Waals surface area contributed by atoms with Gasteiger partial charge in [-0.1, -0.05) is 0 Å². The van der Waals surface area contributed by atoms with Gasteiger partial charge in [-0.15, -0.1) is 0 Å². The Morgan fingerprint density at radius 1 is 1.46 bits per heavy atom. The highest BCUT2D eigenvalue weighted by Crippen LogP contribution is 2.01. The Kier molecular flexibility index (Phi) is 3.86. The summed E-state index contributed by atoms with van der Waals surface area (Å²) in [7, 11) is 1.99. The molecule has 1 heterocycles. The summed E-state index contributed by atoms with van der Waals surface area (Å²) in [6.07, 6.45) is 3.30. The first-order valence-electron chi connectivity index (χ1n) is 4.44. The van der Waals surface area contributed by atoms with Gasteiger partial charge in [-0.3, -0.25) is 9.88 Å². The van der Waals surface area contributed by atoms with Crippen molar-refractivity contribution in [3.63, 3.8) is 0 Å². The van der Waals surface area contributed by atoms with Crippen molar-refractivity contribution >= 4 is 0 Å². The molecule has 72 valence electrons. The lowest BCUT2D eigenvalue weighted by Crippen LogP contribution is -2.26. The Balaban J connectivity index is 2.41. The van der Waals surface area contributed by atoms with Crippen LogP contribution in [0.5, 0.6) is 0 Å². The zero-order chi connectivity index (χ0) is 9.68. The van der Waals surface area contributed by atoms with Crippen molar-refractivity contribution in [3.05, 3.63) is 30.1 Å². The molecule has 0 spiro atoms. The van der Waals surface area contributed by atoms with E-state index in [4.69, 9.17) is 5.11 Å². The third-order valence-electron chi connectivity index (χ3n) is 1.78. The summed E-state index contributed by atoms with van der Waals surface area (Å²) in [6.45, 7) is 3.35. The number of hydrogen-bond acceptors (Lipinski definition) is 3. The minimum atomic E-state index is -0.271. The zero-order valence-corrected chi connectivity index (χ0v) is 8.14. The topological polar surface area (TPSA) is 36.4 Å². The van der Waals surface area contributed by atoms with E-state index in [0.717, 1.165) is 6.54 Å². The molecule has 0 aliphatic rings. The Labute approximate surface area is 79.0 Å². The first kappa shape index (κ1) is 10.2. The molecule has 0 fully saturated rings. The molecule has 0 bridgehead atoms. The van der Waals surface area contributed by atoms with Gasteiger partial charge in [0, 0.05) is 25.5 Å². The highest BCUT2D eigenvalue weighted by atomic mass is 16.3. The molecule has 1 aromatic heterocycles. The van der Waals surface area contributed by atoms with Crippen LogP contribution < -0.4 is 0 Å². The summed E-state index contributed by atoms with van der Waals surface area (Å²) in [5, 5.41) is 9.15. The van der Waals surface area contributed by atoms with E-state index in [2.05, 4.69) is 9.88 Å². The zero-order valence-electron chi connectivity index (χ0n) is 8.14. The summed E-state index contributed by atoms with van der Waals surface area (Å²) in [4.78, 5) is 6.03. The molecular formula is C10H16N2O. The summed E-state index contributed by atoms with van der Waals surface area (Å²) in [6, 6.07) is 3.97. The molecule has 3 nitrogen and oxygen atoms in total. The van der Waals surface area contributed by atoms with Crippen molar-refractivity contribution < 1.29 is 5.11 Å². The molecule has 3 heteroatoms. The fraction of sp³-hybridized carbons (Fsp3) is 0.500. The summed E-state index contributed by atoms with van der Waals surface area (Å²) >= 11 is 0. The molecule has 0 amide bonds. The van der Waals surface area contributed by atoms with Crippen molar-refractivity contribution in [1.82, 2.24) is 9.88 Å². The molecule has 1 rings (SSSR count). The van der Waals surface area contributed by atoms with Crippen LogP contribution in [-0.4, -0.2) is 34.7 Å². The van der Waals surface area contributed by atoms with E-state index in [1.165, 1.54) is 5.56 Å². The lowest BCUT2D eigenvalue weighted by atomic mass is 10.2. The van der Waals surface area contributed by atoms with Gasteiger partial charge in [0.2, 0.25) is 0 Å². The highest BCUT2D eigenvalue weighted by Gasteiger charge is 2.02. The van der Waals surface area contributed by atoms with Crippen LogP contribution in [-0.2, 0) is 6.54 Å². The highest BCUT2D eigenvalue weighted by molar-refractivity contribution is 5.09. The molecule has 1 N–H and O–H groups in total. The number of likely N-dealkylation sites (N-methyl/N-ethyl adjacent to an activating group) is 1. The number of aliphatic hydroxyl groups is 1. The van der Waals surface area contributed by atoms with Crippen molar-refractivity contribution in [2.75, 3.05) is 13.6 Å². The van der Waals surface area contributed by atoms with Gasteiger partial charge in [0.15, 0.2) is 0 Å². The lowest BCUT2D eigenvalue weighted by Gasteiger charge is -2.17. The van der Waals surface area contributed by atoms with Crippen LogP contribution >= 0.6 is 0 Å². The molecule has 13 heavy (non-hydrogen) atoms. The van der Waals surface area contributed by atoms with Gasteiger partial charge in [-0.05, 0) is 31.7 Å². The van der Waals surface area contributed by atoms with Crippen molar-refractivity contribution in [2.24, 2.45) is 0 Å². The normalized spacial score (nSPS) is 13.2. The van der Waals surface area contributed by atoms with Gasteiger partial charge >= 0.3 is 0 Å². The Morgan fingerprint density at radius 2 is 2.08 bits per heavy atom. The predicted molar refractivity (Wildman–Crippen MR) is 52.3 cm³/mol. The fourth-order valence-corrected chi connectivity index (χ4v) is 1.32. The van der Waals surface area contributed by atoms with Gasteiger partial charge < -0.3 is 5.11 Å². The first-order chi connectivity index (χ1) is 6.18. The van der Waals surface area contributed by atoms with E-state index in [9.17, 15) is 0 Å². The van der Waals surface area contributed by atoms with Gasteiger partial charge in [-0.25, -0.2) is 0 Å². The third-order valence-corrected chi connectivity index (χ3v) is 1.78. The molecule has 0 aliphatic carbocycles. The Morgan fingerprint density at radius 3 is 2.62 bits per heavy atom. The molecule has 0 aromatic carbocycles. The molecule has 0 saturated heterocycles. The first-order valence-corrected chi connectivity index (χ1v) is 4.44.